The van der Waals surface area contributed by atoms with Crippen LogP contribution in [0.2, 0.25) is 0 Å². The van der Waals surface area contributed by atoms with Gasteiger partial charge in [0.25, 0.3) is 0 Å². The Kier molecular flexibility index (Phi) is 4.70. The van der Waals surface area contributed by atoms with Crippen LogP contribution < -0.4 is 0 Å². The molecule has 1 aromatic carbocycles. The van der Waals surface area contributed by atoms with Crippen LogP contribution in [0.25, 0.3) is 0 Å². The minimum atomic E-state index is -0.351. The predicted octanol–water partition coefficient (Wildman–Crippen LogP) is 5.07. The van der Waals surface area contributed by atoms with E-state index in [4.69, 9.17) is 4.74 Å². The van der Waals surface area contributed by atoms with E-state index in [1.54, 1.807) is 0 Å². The van der Waals surface area contributed by atoms with Gasteiger partial charge in [-0.3, -0.25) is 9.59 Å². The zero-order valence-corrected chi connectivity index (χ0v) is 16.4. The van der Waals surface area contributed by atoms with Gasteiger partial charge >= 0.3 is 5.97 Å². The summed E-state index contributed by atoms with van der Waals surface area (Å²) in [7, 11) is 0. The predicted molar refractivity (Wildman–Crippen MR) is 99.7 cm³/mol. The number of rotatable bonds is 6. The maximum atomic E-state index is 12.9. The number of hydrogen-bond donors (Lipinski definition) is 0. The van der Waals surface area contributed by atoms with Crippen LogP contribution in [0.4, 0.5) is 4.39 Å². The summed E-state index contributed by atoms with van der Waals surface area (Å²) in [5, 5.41) is 0. The molecule has 0 heterocycles. The monoisotopic (exact) mass is 422 g/mol. The van der Waals surface area contributed by atoms with Crippen LogP contribution in [-0.4, -0.2) is 22.7 Å². The third-order valence-corrected chi connectivity index (χ3v) is 7.30. The van der Waals surface area contributed by atoms with Crippen LogP contribution >= 0.6 is 15.9 Å². The van der Waals surface area contributed by atoms with Crippen molar-refractivity contribution < 1.29 is 18.7 Å². The highest BCUT2D eigenvalue weighted by Gasteiger charge is 2.60. The van der Waals surface area contributed by atoms with Crippen molar-refractivity contribution >= 4 is 27.7 Å². The maximum Gasteiger partial charge on any atom is 0.312 e. The van der Waals surface area contributed by atoms with Gasteiger partial charge in [0.2, 0.25) is 0 Å². The second-order valence-corrected chi connectivity index (χ2v) is 10.2. The molecule has 26 heavy (non-hydrogen) atoms. The summed E-state index contributed by atoms with van der Waals surface area (Å²) >= 11 is 3.91. The van der Waals surface area contributed by atoms with E-state index in [0.717, 1.165) is 19.3 Å². The lowest BCUT2D eigenvalue weighted by Gasteiger charge is -2.58. The summed E-state index contributed by atoms with van der Waals surface area (Å²) in [5.41, 5.74) is 0.189. The van der Waals surface area contributed by atoms with E-state index in [2.05, 4.69) is 15.9 Å². The Morgan fingerprint density at radius 3 is 2.38 bits per heavy atom. The second kappa shape index (κ2) is 6.74. The topological polar surface area (TPSA) is 43.4 Å². The number of esters is 1. The van der Waals surface area contributed by atoms with Crippen molar-refractivity contribution in [2.24, 2.45) is 17.3 Å². The molecule has 0 radical (unpaired) electrons. The summed E-state index contributed by atoms with van der Waals surface area (Å²) in [6.07, 6.45) is 7.25. The molecule has 3 nitrogen and oxygen atoms in total. The Labute approximate surface area is 161 Å². The van der Waals surface area contributed by atoms with Crippen molar-refractivity contribution in [3.05, 3.63) is 35.6 Å². The largest absolute Gasteiger partial charge is 0.465 e. The minimum absolute atomic E-state index is 0.0461. The lowest BCUT2D eigenvalue weighted by molar-refractivity contribution is -0.169. The van der Waals surface area contributed by atoms with Crippen molar-refractivity contribution in [1.82, 2.24) is 0 Å². The number of carbonyl (C=O) groups is 2. The molecule has 0 N–H and O–H groups in total. The molecular formula is C21H24BrFO3. The molecule has 4 fully saturated rings. The quantitative estimate of drug-likeness (QED) is 0.278. The Balaban J connectivity index is 1.28. The third kappa shape index (κ3) is 3.47. The van der Waals surface area contributed by atoms with Crippen LogP contribution in [0.5, 0.6) is 0 Å². The Hall–Kier alpha value is -1.23. The van der Waals surface area contributed by atoms with E-state index in [1.165, 1.54) is 43.5 Å². The van der Waals surface area contributed by atoms with Crippen molar-refractivity contribution in [2.75, 3.05) is 6.61 Å². The van der Waals surface area contributed by atoms with Crippen molar-refractivity contribution in [3.8, 4) is 0 Å². The van der Waals surface area contributed by atoms with E-state index in [9.17, 15) is 14.0 Å². The SMILES string of the molecule is O=C(CCCOC(=O)C12CC3CC(CC(Br)(C3)C1)C2)c1ccc(F)cc1. The van der Waals surface area contributed by atoms with Gasteiger partial charge < -0.3 is 4.74 Å². The number of ketones is 1. The first-order valence-electron chi connectivity index (χ1n) is 9.52. The average molecular weight is 423 g/mol. The molecule has 0 amide bonds. The normalized spacial score (nSPS) is 34.7. The molecule has 4 saturated carbocycles. The number of hydrogen-bond acceptors (Lipinski definition) is 3. The highest BCUT2D eigenvalue weighted by atomic mass is 79.9. The molecule has 4 bridgehead atoms. The molecule has 2 unspecified atom stereocenters. The fourth-order valence-corrected chi connectivity index (χ4v) is 7.17. The number of Topliss-reactive ketones (excluding diaryl/α,β-unsaturated/α-hetero) is 1. The highest BCUT2D eigenvalue weighted by Crippen LogP contribution is 2.64. The summed E-state index contributed by atoms with van der Waals surface area (Å²) in [5.74, 6) is 0.821. The molecule has 4 aliphatic rings. The Morgan fingerprint density at radius 2 is 1.77 bits per heavy atom. The van der Waals surface area contributed by atoms with Gasteiger partial charge in [0, 0.05) is 16.3 Å². The Bertz CT molecular complexity index is 700. The zero-order valence-electron chi connectivity index (χ0n) is 14.8. The molecule has 140 valence electrons. The third-order valence-electron chi connectivity index (χ3n) is 6.37. The summed E-state index contributed by atoms with van der Waals surface area (Å²) < 4.78 is 18.6. The smallest absolute Gasteiger partial charge is 0.312 e. The molecule has 5 rings (SSSR count). The van der Waals surface area contributed by atoms with Crippen LogP contribution in [0.1, 0.15) is 61.7 Å². The number of ether oxygens (including phenoxy) is 1. The zero-order chi connectivity index (χ0) is 18.4. The van der Waals surface area contributed by atoms with Gasteiger partial charge in [0.1, 0.15) is 5.82 Å². The van der Waals surface area contributed by atoms with Crippen molar-refractivity contribution in [1.29, 1.82) is 0 Å². The standard InChI is InChI=1S/C21H24BrFO3/c22-21-11-14-8-15(12-21)10-20(9-14,13-21)19(25)26-7-1-2-18(24)16-3-5-17(23)6-4-16/h3-6,14-15H,1-2,7-13H2. The number of benzene rings is 1. The molecule has 0 spiro atoms. The molecule has 0 aliphatic heterocycles. The van der Waals surface area contributed by atoms with Gasteiger partial charge in [-0.25, -0.2) is 4.39 Å². The van der Waals surface area contributed by atoms with E-state index in [0.29, 0.717) is 30.2 Å². The number of carbonyl (C=O) groups excluding carboxylic acids is 2. The summed E-state index contributed by atoms with van der Waals surface area (Å²) in [4.78, 5) is 24.9. The summed E-state index contributed by atoms with van der Waals surface area (Å²) in [6.45, 7) is 0.276. The first-order chi connectivity index (χ1) is 12.4. The molecular weight excluding hydrogens is 399 g/mol. The van der Waals surface area contributed by atoms with Crippen LogP contribution in [0.3, 0.4) is 0 Å². The van der Waals surface area contributed by atoms with E-state index < -0.39 is 0 Å². The molecule has 1 aromatic rings. The lowest BCUT2D eigenvalue weighted by atomic mass is 9.49. The number of halogens is 2. The average Bonchev–Trinajstić information content (AvgIpc) is 2.56. The van der Waals surface area contributed by atoms with Gasteiger partial charge in [-0.15, -0.1) is 0 Å². The van der Waals surface area contributed by atoms with E-state index in [1.807, 2.05) is 0 Å². The molecule has 5 heteroatoms. The van der Waals surface area contributed by atoms with Gasteiger partial charge in [0.15, 0.2) is 5.78 Å². The maximum absolute atomic E-state index is 12.9. The first kappa shape index (κ1) is 18.1. The second-order valence-electron chi connectivity index (χ2n) is 8.56. The molecule has 4 aliphatic carbocycles. The van der Waals surface area contributed by atoms with Crippen LogP contribution in [-0.2, 0) is 9.53 Å². The minimum Gasteiger partial charge on any atom is -0.465 e. The van der Waals surface area contributed by atoms with Gasteiger partial charge in [-0.05, 0) is 81.0 Å². The fourth-order valence-electron chi connectivity index (χ4n) is 5.72. The van der Waals surface area contributed by atoms with E-state index in [-0.39, 0.29) is 33.9 Å². The Morgan fingerprint density at radius 1 is 1.12 bits per heavy atom. The molecule has 0 saturated heterocycles. The highest BCUT2D eigenvalue weighted by molar-refractivity contribution is 9.10. The summed E-state index contributed by atoms with van der Waals surface area (Å²) in [6, 6.07) is 5.57. The van der Waals surface area contributed by atoms with Crippen LogP contribution in [0, 0.1) is 23.1 Å². The van der Waals surface area contributed by atoms with Crippen LogP contribution in [0.15, 0.2) is 24.3 Å². The van der Waals surface area contributed by atoms with Crippen molar-refractivity contribution in [2.45, 2.75) is 55.7 Å². The van der Waals surface area contributed by atoms with Gasteiger partial charge in [-0.2, -0.15) is 0 Å². The fraction of sp³-hybridized carbons (Fsp3) is 0.619. The lowest BCUT2D eigenvalue weighted by Crippen LogP contribution is -2.56. The van der Waals surface area contributed by atoms with E-state index >= 15 is 0 Å². The first-order valence-corrected chi connectivity index (χ1v) is 10.3. The molecule has 2 atom stereocenters. The molecule has 0 aromatic heterocycles. The van der Waals surface area contributed by atoms with Gasteiger partial charge in [0.05, 0.1) is 12.0 Å². The van der Waals surface area contributed by atoms with Crippen molar-refractivity contribution in [3.63, 3.8) is 0 Å². The van der Waals surface area contributed by atoms with Gasteiger partial charge in [-0.1, -0.05) is 15.9 Å². The number of alkyl halides is 1.